The molecule has 1 heterocycles. The molecular formula is C15H32N2. The largest absolute Gasteiger partial charge is 0.311 e. The highest BCUT2D eigenvalue weighted by molar-refractivity contribution is 4.88. The first kappa shape index (κ1) is 15.0. The monoisotopic (exact) mass is 240 g/mol. The first-order chi connectivity index (χ1) is 8.08. The van der Waals surface area contributed by atoms with Crippen LogP contribution in [-0.2, 0) is 0 Å². The summed E-state index contributed by atoms with van der Waals surface area (Å²) >= 11 is 0. The molecule has 0 bridgehead atoms. The second-order valence-electron chi connectivity index (χ2n) is 6.19. The minimum Gasteiger partial charge on any atom is -0.311 e. The Morgan fingerprint density at radius 1 is 1.24 bits per heavy atom. The molecular weight excluding hydrogens is 208 g/mol. The molecule has 3 atom stereocenters. The van der Waals surface area contributed by atoms with E-state index in [1.807, 2.05) is 0 Å². The maximum Gasteiger partial charge on any atom is 0.0246 e. The van der Waals surface area contributed by atoms with E-state index in [0.29, 0.717) is 0 Å². The summed E-state index contributed by atoms with van der Waals surface area (Å²) in [6.07, 6.45) is 3.91. The van der Waals surface area contributed by atoms with Gasteiger partial charge in [-0.15, -0.1) is 0 Å². The lowest BCUT2D eigenvalue weighted by molar-refractivity contribution is 0.0777. The zero-order valence-electron chi connectivity index (χ0n) is 12.5. The van der Waals surface area contributed by atoms with Gasteiger partial charge in [0.25, 0.3) is 0 Å². The minimum absolute atomic E-state index is 0.721. The fourth-order valence-corrected chi connectivity index (χ4v) is 2.95. The predicted octanol–water partition coefficient (Wildman–Crippen LogP) is 3.13. The van der Waals surface area contributed by atoms with E-state index in [1.54, 1.807) is 0 Å². The van der Waals surface area contributed by atoms with Crippen molar-refractivity contribution >= 4 is 0 Å². The Kier molecular flexibility index (Phi) is 6.50. The molecule has 0 amide bonds. The maximum absolute atomic E-state index is 3.75. The van der Waals surface area contributed by atoms with E-state index in [2.05, 4.69) is 44.8 Å². The summed E-state index contributed by atoms with van der Waals surface area (Å²) in [5, 5.41) is 3.75. The third-order valence-corrected chi connectivity index (χ3v) is 4.08. The number of piperazine rings is 1. The summed E-state index contributed by atoms with van der Waals surface area (Å²) in [5.41, 5.74) is 0. The summed E-state index contributed by atoms with van der Waals surface area (Å²) in [7, 11) is 0. The summed E-state index contributed by atoms with van der Waals surface area (Å²) < 4.78 is 0. The van der Waals surface area contributed by atoms with E-state index in [1.165, 1.54) is 38.9 Å². The lowest BCUT2D eigenvalue weighted by Crippen LogP contribution is -2.59. The van der Waals surface area contributed by atoms with Gasteiger partial charge >= 0.3 is 0 Å². The Morgan fingerprint density at radius 3 is 2.47 bits per heavy atom. The molecule has 3 unspecified atom stereocenters. The molecule has 2 heteroatoms. The second kappa shape index (κ2) is 7.38. The van der Waals surface area contributed by atoms with Crippen molar-refractivity contribution in [2.45, 2.75) is 66.0 Å². The predicted molar refractivity (Wildman–Crippen MR) is 76.4 cm³/mol. The molecule has 1 fully saturated rings. The van der Waals surface area contributed by atoms with Crippen LogP contribution in [0.15, 0.2) is 0 Å². The van der Waals surface area contributed by atoms with Gasteiger partial charge in [0.2, 0.25) is 0 Å². The Labute approximate surface area is 108 Å². The van der Waals surface area contributed by atoms with Gasteiger partial charge in [0.1, 0.15) is 0 Å². The number of nitrogens with one attached hydrogen (secondary N) is 1. The third kappa shape index (κ3) is 4.59. The molecule has 0 saturated carbocycles. The molecule has 1 aliphatic heterocycles. The zero-order chi connectivity index (χ0) is 12.8. The second-order valence-corrected chi connectivity index (χ2v) is 6.19. The maximum atomic E-state index is 3.75. The van der Waals surface area contributed by atoms with Crippen LogP contribution in [0.25, 0.3) is 0 Å². The Bertz CT molecular complexity index is 203. The van der Waals surface area contributed by atoms with Crippen molar-refractivity contribution in [2.75, 3.05) is 19.6 Å². The average Bonchev–Trinajstić information content (AvgIpc) is 2.28. The van der Waals surface area contributed by atoms with E-state index in [4.69, 9.17) is 0 Å². The topological polar surface area (TPSA) is 15.3 Å². The Balaban J connectivity index is 2.58. The van der Waals surface area contributed by atoms with Crippen LogP contribution in [-0.4, -0.2) is 36.6 Å². The van der Waals surface area contributed by atoms with E-state index >= 15 is 0 Å². The Morgan fingerprint density at radius 2 is 1.94 bits per heavy atom. The van der Waals surface area contributed by atoms with Crippen LogP contribution in [0.4, 0.5) is 0 Å². The summed E-state index contributed by atoms with van der Waals surface area (Å²) in [4.78, 5) is 2.75. The molecule has 1 aliphatic rings. The average molecular weight is 240 g/mol. The van der Waals surface area contributed by atoms with Crippen LogP contribution in [0.5, 0.6) is 0 Å². The number of hydrogen-bond acceptors (Lipinski definition) is 2. The van der Waals surface area contributed by atoms with Gasteiger partial charge in [-0.25, -0.2) is 0 Å². The highest BCUT2D eigenvalue weighted by Gasteiger charge is 2.30. The van der Waals surface area contributed by atoms with E-state index in [9.17, 15) is 0 Å². The number of nitrogens with zero attached hydrogens (tertiary/aromatic N) is 1. The van der Waals surface area contributed by atoms with Gasteiger partial charge in [-0.3, -0.25) is 4.90 Å². The summed E-state index contributed by atoms with van der Waals surface area (Å²) in [6.45, 7) is 15.4. The van der Waals surface area contributed by atoms with E-state index in [0.717, 1.165) is 23.9 Å². The van der Waals surface area contributed by atoms with E-state index < -0.39 is 0 Å². The minimum atomic E-state index is 0.721. The lowest BCUT2D eigenvalue weighted by atomic mass is 9.93. The quantitative estimate of drug-likeness (QED) is 0.767. The smallest absolute Gasteiger partial charge is 0.0246 e. The molecule has 0 aromatic heterocycles. The highest BCUT2D eigenvalue weighted by Crippen LogP contribution is 2.20. The van der Waals surface area contributed by atoms with Gasteiger partial charge in [0.05, 0.1) is 0 Å². The standard InChI is InChI=1S/C15H32N2/c1-6-8-14-11-17(10-12(3)4)15(9-16-14)13(5)7-2/h12-16H,6-11H2,1-5H3. The van der Waals surface area contributed by atoms with Crippen LogP contribution in [0, 0.1) is 11.8 Å². The lowest BCUT2D eigenvalue weighted by Gasteiger charge is -2.44. The molecule has 0 aromatic rings. The molecule has 0 aliphatic carbocycles. The molecule has 102 valence electrons. The van der Waals surface area contributed by atoms with E-state index in [-0.39, 0.29) is 0 Å². The van der Waals surface area contributed by atoms with Crippen LogP contribution < -0.4 is 5.32 Å². The van der Waals surface area contributed by atoms with Crippen LogP contribution in [0.1, 0.15) is 53.9 Å². The van der Waals surface area contributed by atoms with Gasteiger partial charge in [0, 0.05) is 31.7 Å². The normalized spacial score (nSPS) is 28.6. The molecule has 0 radical (unpaired) electrons. The first-order valence-corrected chi connectivity index (χ1v) is 7.55. The third-order valence-electron chi connectivity index (χ3n) is 4.08. The van der Waals surface area contributed by atoms with Gasteiger partial charge in [-0.05, 0) is 18.3 Å². The van der Waals surface area contributed by atoms with Crippen molar-refractivity contribution < 1.29 is 0 Å². The van der Waals surface area contributed by atoms with Crippen molar-refractivity contribution in [2.24, 2.45) is 11.8 Å². The zero-order valence-corrected chi connectivity index (χ0v) is 12.5. The van der Waals surface area contributed by atoms with Crippen LogP contribution in [0.2, 0.25) is 0 Å². The Hall–Kier alpha value is -0.0800. The molecule has 1 N–H and O–H groups in total. The van der Waals surface area contributed by atoms with Gasteiger partial charge < -0.3 is 5.32 Å². The number of hydrogen-bond donors (Lipinski definition) is 1. The van der Waals surface area contributed by atoms with Crippen molar-refractivity contribution in [1.29, 1.82) is 0 Å². The van der Waals surface area contributed by atoms with Gasteiger partial charge in [0.15, 0.2) is 0 Å². The summed E-state index contributed by atoms with van der Waals surface area (Å²) in [5.74, 6) is 1.59. The molecule has 0 spiro atoms. The van der Waals surface area contributed by atoms with Crippen molar-refractivity contribution in [3.05, 3.63) is 0 Å². The van der Waals surface area contributed by atoms with Crippen molar-refractivity contribution in [1.82, 2.24) is 10.2 Å². The molecule has 17 heavy (non-hydrogen) atoms. The highest BCUT2D eigenvalue weighted by atomic mass is 15.2. The van der Waals surface area contributed by atoms with Crippen molar-refractivity contribution in [3.8, 4) is 0 Å². The SMILES string of the molecule is CCCC1CN(CC(C)C)C(C(C)CC)CN1. The van der Waals surface area contributed by atoms with Crippen LogP contribution in [0.3, 0.4) is 0 Å². The summed E-state index contributed by atoms with van der Waals surface area (Å²) in [6, 6.07) is 1.47. The molecule has 1 rings (SSSR count). The first-order valence-electron chi connectivity index (χ1n) is 7.55. The van der Waals surface area contributed by atoms with Crippen LogP contribution >= 0.6 is 0 Å². The fraction of sp³-hybridized carbons (Fsp3) is 1.00. The number of rotatable bonds is 6. The fourth-order valence-electron chi connectivity index (χ4n) is 2.95. The van der Waals surface area contributed by atoms with Gasteiger partial charge in [-0.2, -0.15) is 0 Å². The molecule has 2 nitrogen and oxygen atoms in total. The van der Waals surface area contributed by atoms with Crippen molar-refractivity contribution in [3.63, 3.8) is 0 Å². The molecule has 0 aromatic carbocycles. The molecule has 1 saturated heterocycles. The van der Waals surface area contributed by atoms with Gasteiger partial charge in [-0.1, -0.05) is 47.5 Å².